The van der Waals surface area contributed by atoms with Gasteiger partial charge in [0.25, 0.3) is 0 Å². The van der Waals surface area contributed by atoms with Gasteiger partial charge in [-0.15, -0.1) is 0 Å². The average molecular weight is 393 g/mol. The summed E-state index contributed by atoms with van der Waals surface area (Å²) in [7, 11) is 0. The van der Waals surface area contributed by atoms with Crippen LogP contribution in [0, 0.1) is 5.92 Å². The molecule has 0 radical (unpaired) electrons. The number of carbonyl (C=O) groups excluding carboxylic acids is 1. The Hall–Kier alpha value is -2.96. The zero-order valence-corrected chi connectivity index (χ0v) is 16.6. The summed E-state index contributed by atoms with van der Waals surface area (Å²) in [6.07, 6.45) is 19.5. The first-order chi connectivity index (χ1) is 14.3. The first kappa shape index (κ1) is 19.4. The first-order valence-corrected chi connectivity index (χ1v) is 10.4. The molecule has 2 N–H and O–H groups in total. The zero-order valence-electron chi connectivity index (χ0n) is 16.6. The van der Waals surface area contributed by atoms with Crippen LogP contribution in [0.3, 0.4) is 0 Å². The molecule has 7 nitrogen and oxygen atoms in total. The lowest BCUT2D eigenvalue weighted by Crippen LogP contribution is -2.13. The molecule has 1 fully saturated rings. The second-order valence-electron chi connectivity index (χ2n) is 7.62. The van der Waals surface area contributed by atoms with Crippen molar-refractivity contribution in [3.05, 3.63) is 42.4 Å². The van der Waals surface area contributed by atoms with Gasteiger partial charge in [-0.2, -0.15) is 9.97 Å². The number of nitrogens with one attached hydrogen (secondary N) is 2. The van der Waals surface area contributed by atoms with Crippen LogP contribution in [0.5, 0.6) is 5.88 Å². The molecule has 29 heavy (non-hydrogen) atoms. The molecule has 0 unspecified atom stereocenters. The second kappa shape index (κ2) is 9.49. The Bertz CT molecular complexity index is 936. The van der Waals surface area contributed by atoms with Crippen LogP contribution in [0.2, 0.25) is 0 Å². The number of aromatic amines is 1. The number of carbonyl (C=O) groups is 1. The number of H-pyrrole nitrogens is 1. The van der Waals surface area contributed by atoms with E-state index in [0.717, 1.165) is 11.2 Å². The van der Waals surface area contributed by atoms with E-state index in [1.165, 1.54) is 38.5 Å². The standard InChI is InChI=1S/C22H27N5O2/c28-18-12-6-5-10-17(11-7-13-18)25-22-26-20-19(23-15-24-20)21(27-22)29-14-16-8-3-1-2-4-9-16/h6-7,10-12,15-16H,1-5,8-9,13-14H2,(H2,23,24,25,26,27)/b11-7-,12-6?,17-10+. The van der Waals surface area contributed by atoms with Crippen LogP contribution < -0.4 is 10.1 Å². The van der Waals surface area contributed by atoms with E-state index in [2.05, 4.69) is 25.3 Å². The van der Waals surface area contributed by atoms with Gasteiger partial charge in [-0.3, -0.25) is 4.79 Å². The monoisotopic (exact) mass is 393 g/mol. The van der Waals surface area contributed by atoms with E-state index >= 15 is 0 Å². The molecule has 0 amide bonds. The highest BCUT2D eigenvalue weighted by molar-refractivity contribution is 5.90. The number of hydrogen-bond acceptors (Lipinski definition) is 6. The van der Waals surface area contributed by atoms with Crippen molar-refractivity contribution in [1.82, 2.24) is 19.9 Å². The summed E-state index contributed by atoms with van der Waals surface area (Å²) in [4.78, 5) is 28.1. The van der Waals surface area contributed by atoms with E-state index in [1.54, 1.807) is 12.4 Å². The molecule has 0 atom stereocenters. The maximum Gasteiger partial charge on any atom is 0.245 e. The topological polar surface area (TPSA) is 92.8 Å². The smallest absolute Gasteiger partial charge is 0.245 e. The molecular weight excluding hydrogens is 366 g/mol. The highest BCUT2D eigenvalue weighted by Gasteiger charge is 2.16. The van der Waals surface area contributed by atoms with Crippen LogP contribution in [0.25, 0.3) is 11.2 Å². The second-order valence-corrected chi connectivity index (χ2v) is 7.62. The number of ketones is 1. The van der Waals surface area contributed by atoms with Crippen LogP contribution >= 0.6 is 0 Å². The van der Waals surface area contributed by atoms with E-state index in [1.807, 2.05) is 24.3 Å². The molecule has 2 aliphatic rings. The lowest BCUT2D eigenvalue weighted by atomic mass is 10.0. The number of ether oxygens (including phenoxy) is 1. The number of rotatable bonds is 5. The first-order valence-electron chi connectivity index (χ1n) is 10.4. The van der Waals surface area contributed by atoms with E-state index in [4.69, 9.17) is 4.74 Å². The van der Waals surface area contributed by atoms with Gasteiger partial charge in [0, 0.05) is 12.1 Å². The van der Waals surface area contributed by atoms with Crippen molar-refractivity contribution in [1.29, 1.82) is 0 Å². The molecule has 1 saturated carbocycles. The number of anilines is 1. The molecular formula is C22H27N5O2. The fraction of sp³-hybridized carbons (Fsp3) is 0.455. The van der Waals surface area contributed by atoms with Crippen molar-refractivity contribution in [3.63, 3.8) is 0 Å². The summed E-state index contributed by atoms with van der Waals surface area (Å²) < 4.78 is 6.13. The van der Waals surface area contributed by atoms with Crippen molar-refractivity contribution in [2.24, 2.45) is 5.92 Å². The van der Waals surface area contributed by atoms with E-state index in [0.29, 0.717) is 42.8 Å². The van der Waals surface area contributed by atoms with E-state index in [9.17, 15) is 4.79 Å². The zero-order chi connectivity index (χ0) is 19.9. The minimum Gasteiger partial charge on any atom is -0.476 e. The minimum absolute atomic E-state index is 0.0966. The predicted octanol–water partition coefficient (Wildman–Crippen LogP) is 4.47. The Kier molecular flexibility index (Phi) is 6.34. The van der Waals surface area contributed by atoms with Crippen LogP contribution in [0.4, 0.5) is 5.95 Å². The van der Waals surface area contributed by atoms with Crippen LogP contribution in [-0.4, -0.2) is 32.3 Å². The molecule has 2 aliphatic carbocycles. The maximum atomic E-state index is 11.6. The largest absolute Gasteiger partial charge is 0.476 e. The number of allylic oxidation sites excluding steroid dienone is 5. The van der Waals surface area contributed by atoms with Gasteiger partial charge in [0.1, 0.15) is 5.52 Å². The summed E-state index contributed by atoms with van der Waals surface area (Å²) >= 11 is 0. The Morgan fingerprint density at radius 2 is 1.97 bits per heavy atom. The van der Waals surface area contributed by atoms with Gasteiger partial charge in [-0.1, -0.05) is 43.9 Å². The molecule has 0 aliphatic heterocycles. The SMILES string of the molecule is O=C1C=CC/C=C(Nc2nc(OCC3CCCCCC3)c3[nH]cnc3n2)\C=C/C1. The normalized spacial score (nSPS) is 21.5. The Morgan fingerprint density at radius 1 is 1.10 bits per heavy atom. The third kappa shape index (κ3) is 5.31. The molecule has 2 heterocycles. The maximum absolute atomic E-state index is 11.6. The number of nitrogens with zero attached hydrogens (tertiary/aromatic N) is 3. The van der Waals surface area contributed by atoms with E-state index in [-0.39, 0.29) is 5.78 Å². The number of hydrogen-bond donors (Lipinski definition) is 2. The van der Waals surface area contributed by atoms with E-state index < -0.39 is 0 Å². The van der Waals surface area contributed by atoms with Crippen molar-refractivity contribution in [2.45, 2.75) is 51.4 Å². The van der Waals surface area contributed by atoms with Gasteiger partial charge in [0.05, 0.1) is 12.9 Å². The quantitative estimate of drug-likeness (QED) is 0.728. The van der Waals surface area contributed by atoms with Crippen molar-refractivity contribution in [2.75, 3.05) is 11.9 Å². The Labute approximate surface area is 170 Å². The van der Waals surface area contributed by atoms with Crippen molar-refractivity contribution >= 4 is 22.9 Å². The van der Waals surface area contributed by atoms with Gasteiger partial charge in [-0.25, -0.2) is 4.98 Å². The van der Waals surface area contributed by atoms with Crippen LogP contribution in [0.15, 0.2) is 42.4 Å². The highest BCUT2D eigenvalue weighted by Crippen LogP contribution is 2.26. The molecule has 0 saturated heterocycles. The third-order valence-corrected chi connectivity index (χ3v) is 5.33. The molecule has 4 rings (SSSR count). The number of imidazole rings is 1. The summed E-state index contributed by atoms with van der Waals surface area (Å²) in [6, 6.07) is 0. The lowest BCUT2D eigenvalue weighted by molar-refractivity contribution is -0.113. The fourth-order valence-electron chi connectivity index (χ4n) is 3.75. The molecule has 0 aromatic carbocycles. The number of fused-ring (bicyclic) bond motifs is 1. The molecule has 2 aromatic rings. The summed E-state index contributed by atoms with van der Waals surface area (Å²) in [5.41, 5.74) is 2.13. The molecule has 152 valence electrons. The van der Waals surface area contributed by atoms with Crippen molar-refractivity contribution in [3.8, 4) is 5.88 Å². The third-order valence-electron chi connectivity index (χ3n) is 5.33. The number of aromatic nitrogens is 4. The van der Waals surface area contributed by atoms with Crippen molar-refractivity contribution < 1.29 is 9.53 Å². The highest BCUT2D eigenvalue weighted by atomic mass is 16.5. The Morgan fingerprint density at radius 3 is 2.83 bits per heavy atom. The molecule has 7 heteroatoms. The molecule has 0 bridgehead atoms. The minimum atomic E-state index is 0.0966. The van der Waals surface area contributed by atoms with Gasteiger partial charge in [0.2, 0.25) is 11.8 Å². The van der Waals surface area contributed by atoms with Gasteiger partial charge in [-0.05, 0) is 37.3 Å². The summed E-state index contributed by atoms with van der Waals surface area (Å²) in [5.74, 6) is 1.64. The summed E-state index contributed by atoms with van der Waals surface area (Å²) in [5, 5.41) is 3.23. The molecule has 0 spiro atoms. The molecule has 2 aromatic heterocycles. The summed E-state index contributed by atoms with van der Waals surface area (Å²) in [6.45, 7) is 0.667. The Balaban J connectivity index is 1.51. The van der Waals surface area contributed by atoms with Crippen LogP contribution in [0.1, 0.15) is 51.4 Å². The van der Waals surface area contributed by atoms with Gasteiger partial charge < -0.3 is 15.0 Å². The fourth-order valence-corrected chi connectivity index (χ4v) is 3.75. The predicted molar refractivity (Wildman–Crippen MR) is 113 cm³/mol. The lowest BCUT2D eigenvalue weighted by Gasteiger charge is -2.15. The van der Waals surface area contributed by atoms with Gasteiger partial charge >= 0.3 is 0 Å². The van der Waals surface area contributed by atoms with Gasteiger partial charge in [0.15, 0.2) is 11.4 Å². The van der Waals surface area contributed by atoms with Crippen LogP contribution in [-0.2, 0) is 4.79 Å². The average Bonchev–Trinajstić information content (AvgIpc) is 3.08.